The lowest BCUT2D eigenvalue weighted by molar-refractivity contribution is 0.0594. The molecule has 132 valence electrons. The van der Waals surface area contributed by atoms with E-state index < -0.39 is 5.97 Å². The number of aromatic nitrogens is 1. The highest BCUT2D eigenvalue weighted by atomic mass is 32.1. The van der Waals surface area contributed by atoms with Gasteiger partial charge in [0.1, 0.15) is 5.01 Å². The maximum atomic E-state index is 12.8. The molecule has 0 spiro atoms. The van der Waals surface area contributed by atoms with Gasteiger partial charge in [-0.1, -0.05) is 18.2 Å². The van der Waals surface area contributed by atoms with E-state index in [1.54, 1.807) is 10.3 Å². The average molecular weight is 359 g/mol. The summed E-state index contributed by atoms with van der Waals surface area (Å²) in [7, 11) is 1.33. The second-order valence-electron chi connectivity index (χ2n) is 6.17. The van der Waals surface area contributed by atoms with E-state index in [-0.39, 0.29) is 17.8 Å². The number of thiazole rings is 1. The van der Waals surface area contributed by atoms with Crippen LogP contribution in [0.5, 0.6) is 0 Å². The van der Waals surface area contributed by atoms with Gasteiger partial charge < -0.3 is 15.0 Å². The summed E-state index contributed by atoms with van der Waals surface area (Å²) in [4.78, 5) is 30.4. The average Bonchev–Trinajstić information content (AvgIpc) is 3.33. The zero-order valence-corrected chi connectivity index (χ0v) is 15.4. The van der Waals surface area contributed by atoms with Gasteiger partial charge >= 0.3 is 12.0 Å². The Morgan fingerprint density at radius 2 is 2.00 bits per heavy atom. The summed E-state index contributed by atoms with van der Waals surface area (Å²) in [6.07, 6.45) is 1.99. The fraction of sp³-hybridized carbons (Fsp3) is 0.389. The predicted octanol–water partition coefficient (Wildman–Crippen LogP) is 3.74. The van der Waals surface area contributed by atoms with Crippen LogP contribution in [0.3, 0.4) is 0 Å². The molecule has 0 aliphatic heterocycles. The number of rotatable bonds is 5. The van der Waals surface area contributed by atoms with Crippen molar-refractivity contribution in [3.8, 4) is 0 Å². The number of ether oxygens (including phenoxy) is 1. The van der Waals surface area contributed by atoms with Crippen LogP contribution in [0.15, 0.2) is 23.6 Å². The van der Waals surface area contributed by atoms with Crippen molar-refractivity contribution >= 4 is 29.0 Å². The second-order valence-corrected chi connectivity index (χ2v) is 7.12. The number of hydrogen-bond donors (Lipinski definition) is 1. The van der Waals surface area contributed by atoms with Gasteiger partial charge in [0.25, 0.3) is 0 Å². The minimum absolute atomic E-state index is 0.130. The smallest absolute Gasteiger partial charge is 0.357 e. The molecule has 0 atom stereocenters. The van der Waals surface area contributed by atoms with Gasteiger partial charge in [-0.05, 0) is 37.8 Å². The number of esters is 1. The Balaban J connectivity index is 1.74. The van der Waals surface area contributed by atoms with E-state index in [9.17, 15) is 9.59 Å². The van der Waals surface area contributed by atoms with Crippen molar-refractivity contribution in [2.45, 2.75) is 39.3 Å². The number of anilines is 1. The maximum absolute atomic E-state index is 12.8. The lowest BCUT2D eigenvalue weighted by Crippen LogP contribution is -2.36. The van der Waals surface area contributed by atoms with E-state index in [0.717, 1.165) is 34.7 Å². The van der Waals surface area contributed by atoms with Crippen molar-refractivity contribution in [1.82, 2.24) is 9.88 Å². The number of amides is 2. The highest BCUT2D eigenvalue weighted by molar-refractivity contribution is 7.09. The molecule has 7 heteroatoms. The number of nitrogens with one attached hydrogen (secondary N) is 1. The van der Waals surface area contributed by atoms with E-state index in [0.29, 0.717) is 6.54 Å². The number of hydrogen-bond acceptors (Lipinski definition) is 5. The summed E-state index contributed by atoms with van der Waals surface area (Å²) in [5, 5.41) is 5.42. The Morgan fingerprint density at radius 1 is 1.32 bits per heavy atom. The molecule has 1 N–H and O–H groups in total. The normalized spacial score (nSPS) is 13.4. The first-order chi connectivity index (χ1) is 12.0. The van der Waals surface area contributed by atoms with Gasteiger partial charge in [0.15, 0.2) is 5.69 Å². The third-order valence-electron chi connectivity index (χ3n) is 4.21. The highest BCUT2D eigenvalue weighted by Gasteiger charge is 2.33. The molecule has 1 fully saturated rings. The highest BCUT2D eigenvalue weighted by Crippen LogP contribution is 2.30. The van der Waals surface area contributed by atoms with E-state index in [1.165, 1.54) is 18.4 Å². The number of carbonyl (C=O) groups is 2. The molecular formula is C18H21N3O3S. The molecule has 6 nitrogen and oxygen atoms in total. The Bertz CT molecular complexity index is 778. The molecule has 2 amide bonds. The summed E-state index contributed by atoms with van der Waals surface area (Å²) < 4.78 is 4.68. The summed E-state index contributed by atoms with van der Waals surface area (Å²) in [6.45, 7) is 4.35. The fourth-order valence-electron chi connectivity index (χ4n) is 2.67. The van der Waals surface area contributed by atoms with Crippen molar-refractivity contribution < 1.29 is 14.3 Å². The Kier molecular flexibility index (Phi) is 5.03. The van der Waals surface area contributed by atoms with Crippen LogP contribution in [0.1, 0.15) is 39.5 Å². The van der Waals surface area contributed by atoms with E-state index in [4.69, 9.17) is 0 Å². The molecule has 1 aromatic heterocycles. The quantitative estimate of drug-likeness (QED) is 0.826. The summed E-state index contributed by atoms with van der Waals surface area (Å²) in [6, 6.07) is 6.04. The molecule has 0 saturated heterocycles. The van der Waals surface area contributed by atoms with Gasteiger partial charge in [0, 0.05) is 17.1 Å². The maximum Gasteiger partial charge on any atom is 0.357 e. The summed E-state index contributed by atoms with van der Waals surface area (Å²) in [5.74, 6) is -0.458. The first kappa shape index (κ1) is 17.4. The van der Waals surface area contributed by atoms with Gasteiger partial charge in [-0.2, -0.15) is 0 Å². The first-order valence-electron chi connectivity index (χ1n) is 8.16. The predicted molar refractivity (Wildman–Crippen MR) is 97.0 cm³/mol. The Labute approximate surface area is 150 Å². The molecule has 1 saturated carbocycles. The molecule has 25 heavy (non-hydrogen) atoms. The lowest BCUT2D eigenvalue weighted by atomic mass is 10.1. The summed E-state index contributed by atoms with van der Waals surface area (Å²) in [5.41, 5.74) is 3.21. The van der Waals surface area contributed by atoms with Crippen LogP contribution in [0.4, 0.5) is 10.5 Å². The van der Waals surface area contributed by atoms with Crippen LogP contribution >= 0.6 is 11.3 Å². The number of carbonyl (C=O) groups excluding carboxylic acids is 2. The third kappa shape index (κ3) is 3.99. The number of aryl methyl sites for hydroxylation is 2. The van der Waals surface area contributed by atoms with Crippen molar-refractivity contribution in [2.75, 3.05) is 12.4 Å². The first-order valence-corrected chi connectivity index (χ1v) is 9.04. The number of benzene rings is 1. The van der Waals surface area contributed by atoms with Crippen molar-refractivity contribution in [3.05, 3.63) is 45.4 Å². The molecular weight excluding hydrogens is 338 g/mol. The van der Waals surface area contributed by atoms with Crippen molar-refractivity contribution in [2.24, 2.45) is 0 Å². The molecule has 2 aromatic rings. The summed E-state index contributed by atoms with van der Waals surface area (Å²) >= 11 is 1.36. The van der Waals surface area contributed by atoms with Crippen molar-refractivity contribution in [1.29, 1.82) is 0 Å². The van der Waals surface area contributed by atoms with Crippen LogP contribution in [0.25, 0.3) is 0 Å². The monoisotopic (exact) mass is 359 g/mol. The van der Waals surface area contributed by atoms with Crippen LogP contribution < -0.4 is 5.32 Å². The second kappa shape index (κ2) is 7.23. The number of para-hydroxylation sites is 1. The molecule has 1 aliphatic carbocycles. The standard InChI is InChI=1S/C18H21N3O3S/c1-11-5-4-6-12(2)16(11)20-18(23)21(13-7-8-13)9-15-19-14(10-25-15)17(22)24-3/h4-6,10,13H,7-9H2,1-3H3,(H,20,23). The zero-order valence-electron chi connectivity index (χ0n) is 14.5. The molecule has 1 aromatic carbocycles. The van der Waals surface area contributed by atoms with Crippen LogP contribution in [-0.2, 0) is 11.3 Å². The lowest BCUT2D eigenvalue weighted by Gasteiger charge is -2.23. The number of urea groups is 1. The number of methoxy groups -OCH3 is 1. The topological polar surface area (TPSA) is 71.5 Å². The van der Waals surface area contributed by atoms with Crippen LogP contribution in [0, 0.1) is 13.8 Å². The number of nitrogens with zero attached hydrogens (tertiary/aromatic N) is 2. The molecule has 1 heterocycles. The third-order valence-corrected chi connectivity index (χ3v) is 5.05. The van der Waals surface area contributed by atoms with E-state index in [2.05, 4.69) is 15.0 Å². The minimum atomic E-state index is -0.458. The van der Waals surface area contributed by atoms with Gasteiger partial charge in [-0.25, -0.2) is 14.6 Å². The molecule has 3 rings (SSSR count). The van der Waals surface area contributed by atoms with Gasteiger partial charge in [-0.3, -0.25) is 0 Å². The molecule has 0 radical (unpaired) electrons. The largest absolute Gasteiger partial charge is 0.464 e. The van der Waals surface area contributed by atoms with Gasteiger partial charge in [0.2, 0.25) is 0 Å². The zero-order chi connectivity index (χ0) is 18.0. The molecule has 0 unspecified atom stereocenters. The Hall–Kier alpha value is -2.41. The van der Waals surface area contributed by atoms with Crippen molar-refractivity contribution in [3.63, 3.8) is 0 Å². The van der Waals surface area contributed by atoms with Crippen LogP contribution in [0.2, 0.25) is 0 Å². The van der Waals surface area contributed by atoms with Gasteiger partial charge in [-0.15, -0.1) is 11.3 Å². The SMILES string of the molecule is COC(=O)c1csc(CN(C(=O)Nc2c(C)cccc2C)C2CC2)n1. The Morgan fingerprint density at radius 3 is 2.60 bits per heavy atom. The van der Waals surface area contributed by atoms with E-state index in [1.807, 2.05) is 32.0 Å². The fourth-order valence-corrected chi connectivity index (χ4v) is 3.43. The van der Waals surface area contributed by atoms with Gasteiger partial charge in [0.05, 0.1) is 13.7 Å². The van der Waals surface area contributed by atoms with Crippen LogP contribution in [-0.4, -0.2) is 35.0 Å². The molecule has 1 aliphatic rings. The molecule has 0 bridgehead atoms. The minimum Gasteiger partial charge on any atom is -0.464 e. The van der Waals surface area contributed by atoms with E-state index >= 15 is 0 Å².